The number of fused-ring (bicyclic) bond motifs is 3. The second-order valence-electron chi connectivity index (χ2n) is 8.89. The van der Waals surface area contributed by atoms with Gasteiger partial charge in [-0.2, -0.15) is 0 Å². The fourth-order valence-electron chi connectivity index (χ4n) is 4.43. The van der Waals surface area contributed by atoms with Gasteiger partial charge in [-0.05, 0) is 44.0 Å². The predicted octanol–water partition coefficient (Wildman–Crippen LogP) is 3.41. The summed E-state index contributed by atoms with van der Waals surface area (Å²) in [6.07, 6.45) is 3.30. The molecule has 9 nitrogen and oxygen atoms in total. The van der Waals surface area contributed by atoms with Gasteiger partial charge in [0.15, 0.2) is 11.6 Å². The van der Waals surface area contributed by atoms with E-state index in [1.54, 1.807) is 12.4 Å². The maximum absolute atomic E-state index is 9.47. The summed E-state index contributed by atoms with van der Waals surface area (Å²) in [5.41, 5.74) is 11.3. The minimum absolute atomic E-state index is 0.0637. The van der Waals surface area contributed by atoms with Gasteiger partial charge in [0.1, 0.15) is 24.1 Å². The van der Waals surface area contributed by atoms with Crippen LogP contribution in [-0.2, 0) is 34.0 Å². The quantitative estimate of drug-likeness (QED) is 0.428. The van der Waals surface area contributed by atoms with E-state index in [1.807, 2.05) is 45.0 Å². The van der Waals surface area contributed by atoms with Crippen molar-refractivity contribution in [2.24, 2.45) is 0 Å². The first-order valence-electron chi connectivity index (χ1n) is 11.4. The lowest BCUT2D eigenvalue weighted by Crippen LogP contribution is -2.25. The Morgan fingerprint density at radius 2 is 2.06 bits per heavy atom. The first kappa shape index (κ1) is 22.7. The minimum Gasteiger partial charge on any atom is -0.392 e. The molecule has 5 rings (SSSR count). The lowest BCUT2D eigenvalue weighted by Gasteiger charge is -2.18. The summed E-state index contributed by atoms with van der Waals surface area (Å²) in [7, 11) is 0. The van der Waals surface area contributed by atoms with E-state index in [2.05, 4.69) is 14.5 Å². The van der Waals surface area contributed by atoms with E-state index in [0.29, 0.717) is 37.7 Å². The van der Waals surface area contributed by atoms with Crippen LogP contribution >= 0.6 is 0 Å². The average Bonchev–Trinajstić information content (AvgIpc) is 3.37. The van der Waals surface area contributed by atoms with Gasteiger partial charge in [-0.15, -0.1) is 0 Å². The zero-order valence-electron chi connectivity index (χ0n) is 19.6. The van der Waals surface area contributed by atoms with Crippen molar-refractivity contribution < 1.29 is 19.3 Å². The molecule has 178 valence electrons. The Hall–Kier alpha value is -3.11. The van der Waals surface area contributed by atoms with Gasteiger partial charge in [-0.1, -0.05) is 12.1 Å². The number of imidazole rings is 1. The number of pyridine rings is 2. The Bertz CT molecular complexity index is 1350. The molecule has 1 fully saturated rings. The summed E-state index contributed by atoms with van der Waals surface area (Å²) < 4.78 is 19.7. The average molecular weight is 464 g/mol. The van der Waals surface area contributed by atoms with Crippen LogP contribution in [0, 0.1) is 0 Å². The number of anilines is 1. The van der Waals surface area contributed by atoms with Crippen LogP contribution in [0.2, 0.25) is 0 Å². The number of hydrogen-bond acceptors (Lipinski definition) is 8. The molecule has 1 saturated heterocycles. The molecule has 1 unspecified atom stereocenters. The fraction of sp³-hybridized carbons (Fsp3) is 0.400. The highest BCUT2D eigenvalue weighted by atomic mass is 16.7. The maximum Gasteiger partial charge on any atom is 0.163 e. The summed E-state index contributed by atoms with van der Waals surface area (Å²) in [6, 6.07) is 7.96. The monoisotopic (exact) mass is 463 g/mol. The lowest BCUT2D eigenvalue weighted by molar-refractivity contribution is -0.139. The van der Waals surface area contributed by atoms with Crippen LogP contribution in [0.5, 0.6) is 0 Å². The van der Waals surface area contributed by atoms with Crippen LogP contribution in [0.1, 0.15) is 32.2 Å². The lowest BCUT2D eigenvalue weighted by atomic mass is 10.0. The molecule has 0 spiro atoms. The Morgan fingerprint density at radius 3 is 2.79 bits per heavy atom. The van der Waals surface area contributed by atoms with Crippen molar-refractivity contribution in [3.8, 4) is 11.1 Å². The molecule has 1 aliphatic heterocycles. The number of aromatic nitrogens is 4. The smallest absolute Gasteiger partial charge is 0.163 e. The van der Waals surface area contributed by atoms with E-state index in [9.17, 15) is 5.11 Å². The van der Waals surface area contributed by atoms with Gasteiger partial charge < -0.3 is 29.6 Å². The Kier molecular flexibility index (Phi) is 5.95. The van der Waals surface area contributed by atoms with E-state index in [4.69, 9.17) is 24.9 Å². The van der Waals surface area contributed by atoms with Crippen molar-refractivity contribution in [1.29, 1.82) is 0 Å². The summed E-state index contributed by atoms with van der Waals surface area (Å²) in [5.74, 6) is 0.521. The molecule has 0 bridgehead atoms. The summed E-state index contributed by atoms with van der Waals surface area (Å²) in [4.78, 5) is 13.7. The van der Waals surface area contributed by atoms with Crippen molar-refractivity contribution >= 4 is 27.8 Å². The minimum atomic E-state index is -0.615. The molecule has 1 atom stereocenters. The maximum atomic E-state index is 9.47. The standard InChI is InChI=1S/C25H29N5O4/c1-4-32-14-21-29-22-23(30(21)11-18-13-33-25(2,3)34-18)19-6-5-16(8-20(19)28-24(22)26)17-7-15(12-31)9-27-10-17/h5-10,18,31H,4,11-14H2,1-3H3,(H2,26,28). The molecule has 0 radical (unpaired) electrons. The van der Waals surface area contributed by atoms with Crippen molar-refractivity contribution in [2.75, 3.05) is 18.9 Å². The summed E-state index contributed by atoms with van der Waals surface area (Å²) in [5, 5.41) is 10.4. The van der Waals surface area contributed by atoms with Crippen molar-refractivity contribution in [1.82, 2.24) is 19.5 Å². The van der Waals surface area contributed by atoms with Gasteiger partial charge in [-0.25, -0.2) is 9.97 Å². The normalized spacial score (nSPS) is 17.7. The van der Waals surface area contributed by atoms with Gasteiger partial charge in [-0.3, -0.25) is 4.98 Å². The second kappa shape index (κ2) is 8.92. The second-order valence-corrected chi connectivity index (χ2v) is 8.89. The number of nitrogens with zero attached hydrogens (tertiary/aromatic N) is 4. The topological polar surface area (TPSA) is 118 Å². The molecule has 3 N–H and O–H groups in total. The van der Waals surface area contributed by atoms with Gasteiger partial charge in [0.2, 0.25) is 0 Å². The van der Waals surface area contributed by atoms with Gasteiger partial charge >= 0.3 is 0 Å². The fourth-order valence-corrected chi connectivity index (χ4v) is 4.43. The van der Waals surface area contributed by atoms with Crippen LogP contribution < -0.4 is 5.73 Å². The van der Waals surface area contributed by atoms with Crippen molar-refractivity contribution in [3.05, 3.63) is 48.0 Å². The molecule has 0 amide bonds. The molecular formula is C25H29N5O4. The number of benzene rings is 1. The van der Waals surface area contributed by atoms with Gasteiger partial charge in [0.05, 0.1) is 30.8 Å². The molecule has 3 aromatic heterocycles. The van der Waals surface area contributed by atoms with Crippen molar-refractivity contribution in [2.45, 2.75) is 52.4 Å². The zero-order chi connectivity index (χ0) is 23.9. The van der Waals surface area contributed by atoms with Crippen LogP contribution in [0.4, 0.5) is 5.82 Å². The van der Waals surface area contributed by atoms with E-state index in [0.717, 1.165) is 38.9 Å². The van der Waals surface area contributed by atoms with E-state index < -0.39 is 5.79 Å². The number of nitrogen functional groups attached to an aromatic ring is 1. The highest BCUT2D eigenvalue weighted by Crippen LogP contribution is 2.33. The first-order chi connectivity index (χ1) is 16.4. The molecular weight excluding hydrogens is 434 g/mol. The third-order valence-electron chi connectivity index (χ3n) is 5.98. The largest absolute Gasteiger partial charge is 0.392 e. The molecule has 4 heterocycles. The number of aliphatic hydroxyl groups excluding tert-OH is 1. The zero-order valence-corrected chi connectivity index (χ0v) is 19.6. The molecule has 0 saturated carbocycles. The van der Waals surface area contributed by atoms with Crippen LogP contribution in [0.25, 0.3) is 33.1 Å². The molecule has 1 aromatic carbocycles. The highest BCUT2D eigenvalue weighted by molar-refractivity contribution is 6.07. The Labute approximate surface area is 197 Å². The van der Waals surface area contributed by atoms with E-state index in [1.165, 1.54) is 0 Å². The molecule has 9 heteroatoms. The number of ether oxygens (including phenoxy) is 3. The van der Waals surface area contributed by atoms with E-state index in [-0.39, 0.29) is 12.7 Å². The Morgan fingerprint density at radius 1 is 1.21 bits per heavy atom. The molecule has 34 heavy (non-hydrogen) atoms. The van der Waals surface area contributed by atoms with Gasteiger partial charge in [0.25, 0.3) is 0 Å². The Balaban J connectivity index is 1.65. The van der Waals surface area contributed by atoms with Crippen molar-refractivity contribution in [3.63, 3.8) is 0 Å². The van der Waals surface area contributed by atoms with E-state index >= 15 is 0 Å². The van der Waals surface area contributed by atoms with Crippen LogP contribution in [0.3, 0.4) is 0 Å². The molecule has 4 aromatic rings. The third kappa shape index (κ3) is 4.23. The van der Waals surface area contributed by atoms with Crippen LogP contribution in [-0.4, -0.2) is 49.7 Å². The third-order valence-corrected chi connectivity index (χ3v) is 5.98. The predicted molar refractivity (Wildman–Crippen MR) is 129 cm³/mol. The number of rotatable bonds is 7. The number of aliphatic hydroxyl groups is 1. The highest BCUT2D eigenvalue weighted by Gasteiger charge is 2.33. The number of nitrogens with two attached hydrogens (primary N) is 1. The summed E-state index contributed by atoms with van der Waals surface area (Å²) in [6.45, 7) is 7.73. The van der Waals surface area contributed by atoms with Gasteiger partial charge in [0, 0.05) is 30.0 Å². The number of hydrogen-bond donors (Lipinski definition) is 2. The summed E-state index contributed by atoms with van der Waals surface area (Å²) >= 11 is 0. The SMILES string of the molecule is CCOCc1nc2c(N)nc3cc(-c4cncc(CO)c4)ccc3c2n1CC1COC(C)(C)O1. The molecule has 1 aliphatic rings. The molecule has 0 aliphatic carbocycles. The first-order valence-corrected chi connectivity index (χ1v) is 11.4. The van der Waals surface area contributed by atoms with Crippen LogP contribution in [0.15, 0.2) is 36.7 Å².